The number of halogens is 4. The second-order valence-electron chi connectivity index (χ2n) is 4.30. The van der Waals surface area contributed by atoms with E-state index in [-0.39, 0.29) is 10.9 Å². The van der Waals surface area contributed by atoms with Crippen molar-refractivity contribution >= 4 is 37.6 Å². The molecule has 0 saturated carbocycles. The molecule has 0 saturated heterocycles. The van der Waals surface area contributed by atoms with Crippen LogP contribution in [-0.2, 0) is 6.42 Å². The van der Waals surface area contributed by atoms with Crippen molar-refractivity contribution in [1.82, 2.24) is 0 Å². The van der Waals surface area contributed by atoms with Gasteiger partial charge in [0.2, 0.25) is 0 Å². The van der Waals surface area contributed by atoms with Gasteiger partial charge in [-0.2, -0.15) is 0 Å². The van der Waals surface area contributed by atoms with Gasteiger partial charge in [0.25, 0.3) is 0 Å². The van der Waals surface area contributed by atoms with Crippen molar-refractivity contribution in [3.63, 3.8) is 0 Å². The number of carbonyl (C=O) groups is 1. The number of Topliss-reactive ketones (excluding diaryl/α,β-unsaturated/α-hetero) is 1. The molecule has 0 heterocycles. The van der Waals surface area contributed by atoms with Gasteiger partial charge in [0.15, 0.2) is 5.78 Å². The number of benzene rings is 2. The van der Waals surface area contributed by atoms with E-state index < -0.39 is 23.0 Å². The minimum atomic E-state index is -0.883. The predicted octanol–water partition coefficient (Wildman–Crippen LogP) is 4.92. The molecule has 0 aromatic heterocycles. The molecule has 2 aromatic rings. The third kappa shape index (κ3) is 3.68. The van der Waals surface area contributed by atoms with E-state index in [2.05, 4.69) is 31.9 Å². The average Bonchev–Trinajstić information content (AvgIpc) is 2.40. The van der Waals surface area contributed by atoms with Gasteiger partial charge in [-0.15, -0.1) is 0 Å². The molecular formula is C15H10Br2F2O2. The Kier molecular flexibility index (Phi) is 5.11. The molecule has 0 fully saturated rings. The molecule has 0 aliphatic rings. The molecule has 0 aliphatic carbocycles. The van der Waals surface area contributed by atoms with Crippen LogP contribution in [0.1, 0.15) is 15.9 Å². The van der Waals surface area contributed by atoms with E-state index in [1.165, 1.54) is 7.11 Å². The number of ether oxygens (including phenoxy) is 1. The van der Waals surface area contributed by atoms with Crippen molar-refractivity contribution in [2.75, 3.05) is 7.11 Å². The number of methoxy groups -OCH3 is 1. The van der Waals surface area contributed by atoms with Crippen molar-refractivity contribution in [2.24, 2.45) is 0 Å². The number of hydrogen-bond donors (Lipinski definition) is 0. The van der Waals surface area contributed by atoms with Crippen LogP contribution in [0.15, 0.2) is 39.3 Å². The molecule has 0 spiro atoms. The van der Waals surface area contributed by atoms with Gasteiger partial charge in [0.1, 0.15) is 17.4 Å². The molecular weight excluding hydrogens is 410 g/mol. The molecule has 0 unspecified atom stereocenters. The second-order valence-corrected chi connectivity index (χ2v) is 6.07. The van der Waals surface area contributed by atoms with E-state index in [1.54, 1.807) is 18.2 Å². The summed E-state index contributed by atoms with van der Waals surface area (Å²) in [6.45, 7) is 0. The van der Waals surface area contributed by atoms with Gasteiger partial charge in [-0.25, -0.2) is 8.78 Å². The van der Waals surface area contributed by atoms with Crippen LogP contribution in [0.25, 0.3) is 0 Å². The first kappa shape index (κ1) is 16.1. The minimum absolute atomic E-state index is 0.132. The summed E-state index contributed by atoms with van der Waals surface area (Å²) in [7, 11) is 1.50. The van der Waals surface area contributed by atoms with Gasteiger partial charge in [0.05, 0.1) is 12.7 Å². The minimum Gasteiger partial charge on any atom is -0.497 e. The molecule has 0 aliphatic heterocycles. The Balaban J connectivity index is 2.35. The number of carbonyl (C=O) groups excluding carboxylic acids is 1. The third-order valence-electron chi connectivity index (χ3n) is 2.89. The lowest BCUT2D eigenvalue weighted by molar-refractivity contribution is 0.0984. The summed E-state index contributed by atoms with van der Waals surface area (Å²) in [5.41, 5.74) is 0.0639. The van der Waals surface area contributed by atoms with Gasteiger partial charge >= 0.3 is 0 Å². The maximum Gasteiger partial charge on any atom is 0.173 e. The first-order valence-electron chi connectivity index (χ1n) is 5.92. The standard InChI is InChI=1S/C15H10Br2F2O2/c1-21-10-2-3-11(17)8(4-10)5-14(20)15-12(18)6-9(16)7-13(15)19/h2-4,6-7H,5H2,1H3. The maximum atomic E-state index is 13.8. The first-order valence-corrected chi connectivity index (χ1v) is 7.51. The SMILES string of the molecule is COc1ccc(Br)c(CC(=O)c2c(F)cc(Br)cc2F)c1. The molecule has 2 aromatic carbocycles. The summed E-state index contributed by atoms with van der Waals surface area (Å²) < 4.78 is 33.6. The zero-order chi connectivity index (χ0) is 15.6. The Hall–Kier alpha value is -1.27. The third-order valence-corrected chi connectivity index (χ3v) is 4.12. The highest BCUT2D eigenvalue weighted by molar-refractivity contribution is 9.10. The molecule has 0 N–H and O–H groups in total. The van der Waals surface area contributed by atoms with Crippen LogP contribution in [0.5, 0.6) is 5.75 Å². The molecule has 0 bridgehead atoms. The van der Waals surface area contributed by atoms with Gasteiger partial charge in [-0.1, -0.05) is 31.9 Å². The molecule has 2 rings (SSSR count). The van der Waals surface area contributed by atoms with Crippen molar-refractivity contribution in [2.45, 2.75) is 6.42 Å². The van der Waals surface area contributed by atoms with Crippen molar-refractivity contribution in [3.8, 4) is 5.75 Å². The highest BCUT2D eigenvalue weighted by Gasteiger charge is 2.19. The normalized spacial score (nSPS) is 10.5. The Labute approximate surface area is 137 Å². The molecule has 2 nitrogen and oxygen atoms in total. The summed E-state index contributed by atoms with van der Waals surface area (Å²) >= 11 is 6.28. The predicted molar refractivity (Wildman–Crippen MR) is 82.8 cm³/mol. The molecule has 0 atom stereocenters. The topological polar surface area (TPSA) is 26.3 Å². The number of rotatable bonds is 4. The Morgan fingerprint density at radius 1 is 1.14 bits per heavy atom. The highest BCUT2D eigenvalue weighted by Crippen LogP contribution is 2.26. The van der Waals surface area contributed by atoms with Crippen LogP contribution >= 0.6 is 31.9 Å². The fourth-order valence-electron chi connectivity index (χ4n) is 1.88. The summed E-state index contributed by atoms with van der Waals surface area (Å²) in [5, 5.41) is 0. The van der Waals surface area contributed by atoms with E-state index in [0.717, 1.165) is 12.1 Å². The van der Waals surface area contributed by atoms with Gasteiger partial charge in [0, 0.05) is 15.4 Å². The number of hydrogen-bond acceptors (Lipinski definition) is 2. The van der Waals surface area contributed by atoms with Crippen LogP contribution < -0.4 is 4.74 Å². The molecule has 21 heavy (non-hydrogen) atoms. The monoisotopic (exact) mass is 418 g/mol. The smallest absolute Gasteiger partial charge is 0.173 e. The summed E-state index contributed by atoms with van der Waals surface area (Å²) in [6.07, 6.45) is -0.132. The Morgan fingerprint density at radius 2 is 1.76 bits per heavy atom. The maximum absolute atomic E-state index is 13.8. The van der Waals surface area contributed by atoms with E-state index in [9.17, 15) is 13.6 Å². The fourth-order valence-corrected chi connectivity index (χ4v) is 2.67. The van der Waals surface area contributed by atoms with Gasteiger partial charge < -0.3 is 4.74 Å². The Bertz CT molecular complexity index is 679. The number of ketones is 1. The first-order chi connectivity index (χ1) is 9.92. The van der Waals surface area contributed by atoms with Crippen LogP contribution in [0.4, 0.5) is 8.78 Å². The van der Waals surface area contributed by atoms with Crippen molar-refractivity contribution in [3.05, 3.63) is 62.0 Å². The fraction of sp³-hybridized carbons (Fsp3) is 0.133. The largest absolute Gasteiger partial charge is 0.497 e. The summed E-state index contributed by atoms with van der Waals surface area (Å²) in [6, 6.07) is 7.22. The highest BCUT2D eigenvalue weighted by atomic mass is 79.9. The van der Waals surface area contributed by atoms with E-state index >= 15 is 0 Å². The molecule has 110 valence electrons. The van der Waals surface area contributed by atoms with Gasteiger partial charge in [-0.05, 0) is 35.9 Å². The Morgan fingerprint density at radius 3 is 2.33 bits per heavy atom. The van der Waals surface area contributed by atoms with Crippen molar-refractivity contribution in [1.29, 1.82) is 0 Å². The van der Waals surface area contributed by atoms with E-state index in [4.69, 9.17) is 4.74 Å². The lowest BCUT2D eigenvalue weighted by Crippen LogP contribution is -2.09. The van der Waals surface area contributed by atoms with Crippen molar-refractivity contribution < 1.29 is 18.3 Å². The van der Waals surface area contributed by atoms with E-state index in [0.29, 0.717) is 15.8 Å². The lowest BCUT2D eigenvalue weighted by atomic mass is 10.0. The molecule has 6 heteroatoms. The second kappa shape index (κ2) is 6.66. The average molecular weight is 420 g/mol. The van der Waals surface area contributed by atoms with Crippen LogP contribution in [0.2, 0.25) is 0 Å². The molecule has 0 radical (unpaired) electrons. The lowest BCUT2D eigenvalue weighted by Gasteiger charge is -2.08. The van der Waals surface area contributed by atoms with Crippen LogP contribution in [0, 0.1) is 11.6 Å². The summed E-state index contributed by atoms with van der Waals surface area (Å²) in [5.74, 6) is -1.83. The van der Waals surface area contributed by atoms with Crippen LogP contribution in [-0.4, -0.2) is 12.9 Å². The van der Waals surface area contributed by atoms with Gasteiger partial charge in [-0.3, -0.25) is 4.79 Å². The summed E-state index contributed by atoms with van der Waals surface area (Å²) in [4.78, 5) is 12.2. The molecule has 0 amide bonds. The van der Waals surface area contributed by atoms with Crippen LogP contribution in [0.3, 0.4) is 0 Å². The zero-order valence-corrected chi connectivity index (χ0v) is 14.1. The van der Waals surface area contributed by atoms with E-state index in [1.807, 2.05) is 0 Å². The quantitative estimate of drug-likeness (QED) is 0.657. The zero-order valence-electron chi connectivity index (χ0n) is 10.9.